The molecule has 2 aliphatic carbocycles. The highest BCUT2D eigenvalue weighted by molar-refractivity contribution is 4.98. The molecule has 0 radical (unpaired) electrons. The van der Waals surface area contributed by atoms with E-state index in [0.717, 1.165) is 6.61 Å². The molecular formula is C16H32N2O. The Labute approximate surface area is 118 Å². The van der Waals surface area contributed by atoms with Gasteiger partial charge in [-0.15, -0.1) is 0 Å². The van der Waals surface area contributed by atoms with Crippen molar-refractivity contribution in [1.82, 2.24) is 5.43 Å². The standard InChI is InChI=1S/C16H32N2O/c1-2-19-16(12-8-5-9-13-16)15(18-17)14-10-6-3-4-7-11-14/h14-15,18H,2-13,17H2,1H3. The Morgan fingerprint density at radius 3 is 2.16 bits per heavy atom. The lowest BCUT2D eigenvalue weighted by molar-refractivity contribution is -0.104. The lowest BCUT2D eigenvalue weighted by Crippen LogP contribution is -2.59. The molecule has 112 valence electrons. The number of hydrogen-bond acceptors (Lipinski definition) is 3. The van der Waals surface area contributed by atoms with Crippen molar-refractivity contribution in [1.29, 1.82) is 0 Å². The second kappa shape index (κ2) is 7.61. The topological polar surface area (TPSA) is 47.3 Å². The average molecular weight is 268 g/mol. The van der Waals surface area contributed by atoms with Gasteiger partial charge in [0.2, 0.25) is 0 Å². The zero-order valence-electron chi connectivity index (χ0n) is 12.6. The first kappa shape index (κ1) is 15.3. The highest BCUT2D eigenvalue weighted by atomic mass is 16.5. The van der Waals surface area contributed by atoms with Crippen molar-refractivity contribution >= 4 is 0 Å². The van der Waals surface area contributed by atoms with Gasteiger partial charge in [0, 0.05) is 6.61 Å². The molecule has 3 nitrogen and oxygen atoms in total. The highest BCUT2D eigenvalue weighted by Gasteiger charge is 2.43. The Morgan fingerprint density at radius 1 is 1.05 bits per heavy atom. The maximum atomic E-state index is 6.28. The highest BCUT2D eigenvalue weighted by Crippen LogP contribution is 2.40. The van der Waals surface area contributed by atoms with Gasteiger partial charge in [-0.2, -0.15) is 0 Å². The first-order valence-corrected chi connectivity index (χ1v) is 8.42. The van der Waals surface area contributed by atoms with Crippen molar-refractivity contribution in [2.24, 2.45) is 11.8 Å². The molecule has 0 amide bonds. The van der Waals surface area contributed by atoms with Crippen LogP contribution in [0.3, 0.4) is 0 Å². The van der Waals surface area contributed by atoms with Crippen LogP contribution in [0.1, 0.15) is 77.6 Å². The summed E-state index contributed by atoms with van der Waals surface area (Å²) in [5.41, 5.74) is 3.18. The summed E-state index contributed by atoms with van der Waals surface area (Å²) < 4.78 is 6.28. The summed E-state index contributed by atoms with van der Waals surface area (Å²) in [7, 11) is 0. The van der Waals surface area contributed by atoms with Crippen molar-refractivity contribution in [3.8, 4) is 0 Å². The Hall–Kier alpha value is -0.120. The minimum absolute atomic E-state index is 0.0107. The van der Waals surface area contributed by atoms with Crippen LogP contribution >= 0.6 is 0 Å². The second-order valence-corrected chi connectivity index (χ2v) is 6.45. The van der Waals surface area contributed by atoms with E-state index >= 15 is 0 Å². The largest absolute Gasteiger partial charge is 0.374 e. The number of nitrogens with two attached hydrogens (primary N) is 1. The summed E-state index contributed by atoms with van der Waals surface area (Å²) >= 11 is 0. The molecule has 2 aliphatic rings. The Balaban J connectivity index is 2.10. The summed E-state index contributed by atoms with van der Waals surface area (Å²) in [6.07, 6.45) is 14.5. The van der Waals surface area contributed by atoms with Gasteiger partial charge in [-0.25, -0.2) is 0 Å². The fourth-order valence-electron chi connectivity index (χ4n) is 4.34. The smallest absolute Gasteiger partial charge is 0.0850 e. The molecule has 0 aromatic carbocycles. The van der Waals surface area contributed by atoms with Gasteiger partial charge in [-0.3, -0.25) is 11.3 Å². The van der Waals surface area contributed by atoms with Crippen LogP contribution in [0.2, 0.25) is 0 Å². The van der Waals surface area contributed by atoms with E-state index in [9.17, 15) is 0 Å². The first-order valence-electron chi connectivity index (χ1n) is 8.42. The zero-order valence-corrected chi connectivity index (χ0v) is 12.6. The molecular weight excluding hydrogens is 236 g/mol. The van der Waals surface area contributed by atoms with Crippen LogP contribution in [0, 0.1) is 5.92 Å². The molecule has 0 bridgehead atoms. The molecule has 2 saturated carbocycles. The molecule has 2 fully saturated rings. The fraction of sp³-hybridized carbons (Fsp3) is 1.00. The molecule has 0 saturated heterocycles. The van der Waals surface area contributed by atoms with Crippen molar-refractivity contribution in [3.05, 3.63) is 0 Å². The van der Waals surface area contributed by atoms with Gasteiger partial charge >= 0.3 is 0 Å². The van der Waals surface area contributed by atoms with Gasteiger partial charge in [0.25, 0.3) is 0 Å². The van der Waals surface area contributed by atoms with E-state index in [1.54, 1.807) is 0 Å². The SMILES string of the molecule is CCOC1(C(NN)C2CCCCCC2)CCCCC1. The Bertz CT molecular complexity index is 238. The minimum atomic E-state index is 0.0107. The Morgan fingerprint density at radius 2 is 1.63 bits per heavy atom. The van der Waals surface area contributed by atoms with Crippen LogP contribution in [-0.4, -0.2) is 18.2 Å². The Kier molecular flexibility index (Phi) is 6.11. The second-order valence-electron chi connectivity index (χ2n) is 6.45. The number of nitrogens with one attached hydrogen (secondary N) is 1. The van der Waals surface area contributed by atoms with E-state index in [1.807, 2.05) is 0 Å². The van der Waals surface area contributed by atoms with Gasteiger partial charge in [-0.05, 0) is 38.5 Å². The molecule has 1 atom stereocenters. The predicted molar refractivity (Wildman–Crippen MR) is 79.7 cm³/mol. The van der Waals surface area contributed by atoms with E-state index in [2.05, 4.69) is 12.3 Å². The van der Waals surface area contributed by atoms with Gasteiger partial charge < -0.3 is 4.74 Å². The minimum Gasteiger partial charge on any atom is -0.374 e. The predicted octanol–water partition coefficient (Wildman–Crippen LogP) is 3.53. The van der Waals surface area contributed by atoms with Crippen LogP contribution in [0.25, 0.3) is 0 Å². The molecule has 0 aromatic heterocycles. The summed E-state index contributed by atoms with van der Waals surface area (Å²) in [5, 5.41) is 0. The summed E-state index contributed by atoms with van der Waals surface area (Å²) in [6, 6.07) is 0.353. The number of hydrogen-bond donors (Lipinski definition) is 2. The molecule has 3 heteroatoms. The molecule has 0 aromatic rings. The van der Waals surface area contributed by atoms with Gasteiger partial charge in [-0.1, -0.05) is 44.9 Å². The molecule has 0 spiro atoms. The van der Waals surface area contributed by atoms with Gasteiger partial charge in [0.15, 0.2) is 0 Å². The van der Waals surface area contributed by atoms with Crippen molar-refractivity contribution in [2.75, 3.05) is 6.61 Å². The van der Waals surface area contributed by atoms with E-state index in [1.165, 1.54) is 70.6 Å². The maximum absolute atomic E-state index is 6.28. The van der Waals surface area contributed by atoms with E-state index < -0.39 is 0 Å². The third-order valence-electron chi connectivity index (χ3n) is 5.25. The van der Waals surface area contributed by atoms with Crippen LogP contribution in [0.5, 0.6) is 0 Å². The fourth-order valence-corrected chi connectivity index (χ4v) is 4.34. The first-order chi connectivity index (χ1) is 9.32. The third kappa shape index (κ3) is 3.71. The average Bonchev–Trinajstić information content (AvgIpc) is 2.70. The van der Waals surface area contributed by atoms with Gasteiger partial charge in [0.05, 0.1) is 11.6 Å². The lowest BCUT2D eigenvalue weighted by atomic mass is 9.73. The van der Waals surface area contributed by atoms with Gasteiger partial charge in [0.1, 0.15) is 0 Å². The van der Waals surface area contributed by atoms with E-state index in [-0.39, 0.29) is 5.60 Å². The third-order valence-corrected chi connectivity index (χ3v) is 5.25. The normalized spacial score (nSPS) is 26.8. The molecule has 0 heterocycles. The summed E-state index contributed by atoms with van der Waals surface area (Å²) in [5.74, 6) is 6.68. The van der Waals surface area contributed by atoms with Crippen molar-refractivity contribution < 1.29 is 4.74 Å². The van der Waals surface area contributed by atoms with E-state index in [4.69, 9.17) is 10.6 Å². The quantitative estimate of drug-likeness (QED) is 0.455. The van der Waals surface area contributed by atoms with Crippen LogP contribution < -0.4 is 11.3 Å². The maximum Gasteiger partial charge on any atom is 0.0850 e. The molecule has 0 aliphatic heterocycles. The monoisotopic (exact) mass is 268 g/mol. The summed E-state index contributed by atoms with van der Waals surface area (Å²) in [6.45, 7) is 2.93. The zero-order chi connectivity index (χ0) is 13.6. The lowest BCUT2D eigenvalue weighted by Gasteiger charge is -2.46. The molecule has 2 rings (SSSR count). The van der Waals surface area contributed by atoms with Crippen molar-refractivity contribution in [3.63, 3.8) is 0 Å². The van der Waals surface area contributed by atoms with Crippen LogP contribution in [0.4, 0.5) is 0 Å². The number of hydrazine groups is 1. The molecule has 1 unspecified atom stereocenters. The molecule has 3 N–H and O–H groups in total. The number of rotatable bonds is 5. The molecule has 19 heavy (non-hydrogen) atoms. The number of ether oxygens (including phenoxy) is 1. The van der Waals surface area contributed by atoms with E-state index in [0.29, 0.717) is 12.0 Å². The summed E-state index contributed by atoms with van der Waals surface area (Å²) in [4.78, 5) is 0. The van der Waals surface area contributed by atoms with Crippen LogP contribution in [-0.2, 0) is 4.74 Å². The van der Waals surface area contributed by atoms with Crippen LogP contribution in [0.15, 0.2) is 0 Å². The van der Waals surface area contributed by atoms with Crippen molar-refractivity contribution in [2.45, 2.75) is 89.2 Å².